The first kappa shape index (κ1) is 14.2. The summed E-state index contributed by atoms with van der Waals surface area (Å²) in [6.45, 7) is 5.30. The summed E-state index contributed by atoms with van der Waals surface area (Å²) >= 11 is 0. The molecule has 3 rings (SSSR count). The van der Waals surface area contributed by atoms with Crippen LogP contribution < -0.4 is 14.8 Å². The van der Waals surface area contributed by atoms with Gasteiger partial charge in [-0.2, -0.15) is 0 Å². The zero-order valence-corrected chi connectivity index (χ0v) is 13.0. The van der Waals surface area contributed by atoms with Gasteiger partial charge in [-0.15, -0.1) is 0 Å². The summed E-state index contributed by atoms with van der Waals surface area (Å²) in [5.41, 5.74) is 2.09. The van der Waals surface area contributed by atoms with Gasteiger partial charge in [0.25, 0.3) is 0 Å². The largest absolute Gasteiger partial charge is 0.493 e. The van der Waals surface area contributed by atoms with Crippen LogP contribution in [-0.4, -0.2) is 36.9 Å². The molecule has 0 bridgehead atoms. The van der Waals surface area contributed by atoms with Gasteiger partial charge < -0.3 is 19.4 Å². The van der Waals surface area contributed by atoms with Gasteiger partial charge in [-0.3, -0.25) is 0 Å². The fraction of sp³-hybridized carbons (Fsp3) is 0.562. The predicted octanol–water partition coefficient (Wildman–Crippen LogP) is 2.36. The molecule has 1 aliphatic rings. The molecule has 5 nitrogen and oxygen atoms in total. The summed E-state index contributed by atoms with van der Waals surface area (Å²) < 4.78 is 13.1. The third-order valence-corrected chi connectivity index (χ3v) is 4.28. The molecule has 2 aromatic rings. The Morgan fingerprint density at radius 2 is 2.05 bits per heavy atom. The quantitative estimate of drug-likeness (QED) is 0.938. The number of imidazole rings is 1. The van der Waals surface area contributed by atoms with Crippen LogP contribution in [-0.2, 0) is 6.54 Å². The summed E-state index contributed by atoms with van der Waals surface area (Å²) in [6.07, 6.45) is 2.53. The van der Waals surface area contributed by atoms with Crippen LogP contribution in [0.25, 0.3) is 11.0 Å². The van der Waals surface area contributed by atoms with Crippen LogP contribution in [0.5, 0.6) is 11.5 Å². The molecule has 1 aliphatic heterocycles. The Morgan fingerprint density at radius 1 is 1.29 bits per heavy atom. The van der Waals surface area contributed by atoms with E-state index in [9.17, 15) is 0 Å². The molecular weight excluding hydrogens is 266 g/mol. The van der Waals surface area contributed by atoms with Crippen LogP contribution in [0.2, 0.25) is 0 Å². The fourth-order valence-electron chi connectivity index (χ4n) is 3.14. The van der Waals surface area contributed by atoms with E-state index in [4.69, 9.17) is 9.47 Å². The standard InChI is InChI=1S/C16H23N3O2/c1-11-18-13-7-15(20-2)16(21-3)8-14(13)19(11)10-12-5-4-6-17-9-12/h7-8,12,17H,4-6,9-10H2,1-3H3. The number of aryl methyl sites for hydroxylation is 1. The summed E-state index contributed by atoms with van der Waals surface area (Å²) in [7, 11) is 3.32. The van der Waals surface area contributed by atoms with Crippen molar-refractivity contribution in [3.63, 3.8) is 0 Å². The summed E-state index contributed by atoms with van der Waals surface area (Å²) in [6, 6.07) is 3.99. The second-order valence-electron chi connectivity index (χ2n) is 5.68. The van der Waals surface area contributed by atoms with Gasteiger partial charge in [-0.25, -0.2) is 4.98 Å². The Morgan fingerprint density at radius 3 is 2.71 bits per heavy atom. The molecule has 0 aliphatic carbocycles. The smallest absolute Gasteiger partial charge is 0.163 e. The normalized spacial score (nSPS) is 18.9. The van der Waals surface area contributed by atoms with E-state index in [0.717, 1.165) is 48.0 Å². The lowest BCUT2D eigenvalue weighted by molar-refractivity contribution is 0.337. The lowest BCUT2D eigenvalue weighted by Gasteiger charge is -2.24. The van der Waals surface area contributed by atoms with Crippen LogP contribution in [0, 0.1) is 12.8 Å². The number of benzene rings is 1. The van der Waals surface area contributed by atoms with Gasteiger partial charge in [0, 0.05) is 18.7 Å². The van der Waals surface area contributed by atoms with E-state index in [1.54, 1.807) is 14.2 Å². The molecule has 5 heteroatoms. The third kappa shape index (κ3) is 2.70. The molecule has 1 unspecified atom stereocenters. The molecular formula is C16H23N3O2. The average Bonchev–Trinajstić information content (AvgIpc) is 2.82. The van der Waals surface area contributed by atoms with Gasteiger partial charge >= 0.3 is 0 Å². The number of hydrogen-bond donors (Lipinski definition) is 1. The van der Waals surface area contributed by atoms with Crippen LogP contribution in [0.3, 0.4) is 0 Å². The molecule has 21 heavy (non-hydrogen) atoms. The molecule has 1 fully saturated rings. The number of hydrogen-bond acceptors (Lipinski definition) is 4. The lowest BCUT2D eigenvalue weighted by atomic mass is 9.99. The topological polar surface area (TPSA) is 48.3 Å². The van der Waals surface area contributed by atoms with Crippen LogP contribution in [0.15, 0.2) is 12.1 Å². The Bertz CT molecular complexity index is 630. The monoisotopic (exact) mass is 289 g/mol. The van der Waals surface area contributed by atoms with Crippen molar-refractivity contribution in [3.8, 4) is 11.5 Å². The van der Waals surface area contributed by atoms with Crippen molar-refractivity contribution in [3.05, 3.63) is 18.0 Å². The number of fused-ring (bicyclic) bond motifs is 1. The highest BCUT2D eigenvalue weighted by molar-refractivity contribution is 5.80. The molecule has 1 saturated heterocycles. The number of methoxy groups -OCH3 is 2. The van der Waals surface area contributed by atoms with Gasteiger partial charge in [0.05, 0.1) is 25.3 Å². The van der Waals surface area contributed by atoms with Crippen molar-refractivity contribution < 1.29 is 9.47 Å². The molecule has 0 spiro atoms. The third-order valence-electron chi connectivity index (χ3n) is 4.28. The number of aromatic nitrogens is 2. The molecule has 1 atom stereocenters. The number of rotatable bonds is 4. The van der Waals surface area contributed by atoms with Crippen molar-refractivity contribution in [2.45, 2.75) is 26.3 Å². The highest BCUT2D eigenvalue weighted by atomic mass is 16.5. The maximum absolute atomic E-state index is 5.42. The maximum atomic E-state index is 5.42. The Labute approximate surface area is 125 Å². The molecule has 1 N–H and O–H groups in total. The minimum absolute atomic E-state index is 0.669. The molecule has 2 heterocycles. The average molecular weight is 289 g/mol. The van der Waals surface area contributed by atoms with Crippen LogP contribution in [0.1, 0.15) is 18.7 Å². The van der Waals surface area contributed by atoms with E-state index < -0.39 is 0 Å². The van der Waals surface area contributed by atoms with E-state index in [2.05, 4.69) is 21.8 Å². The van der Waals surface area contributed by atoms with Gasteiger partial charge in [0.15, 0.2) is 11.5 Å². The summed E-state index contributed by atoms with van der Waals surface area (Å²) in [5, 5.41) is 3.48. The molecule has 1 aromatic carbocycles. The van der Waals surface area contributed by atoms with Crippen molar-refractivity contribution in [1.29, 1.82) is 0 Å². The van der Waals surface area contributed by atoms with E-state index in [1.807, 2.05) is 12.1 Å². The number of nitrogens with zero attached hydrogens (tertiary/aromatic N) is 2. The fourth-order valence-corrected chi connectivity index (χ4v) is 3.14. The number of nitrogens with one attached hydrogen (secondary N) is 1. The van der Waals surface area contributed by atoms with Gasteiger partial charge in [-0.05, 0) is 38.8 Å². The minimum Gasteiger partial charge on any atom is -0.493 e. The first-order valence-corrected chi connectivity index (χ1v) is 7.52. The van der Waals surface area contributed by atoms with Crippen LogP contribution in [0.4, 0.5) is 0 Å². The van der Waals surface area contributed by atoms with E-state index >= 15 is 0 Å². The first-order chi connectivity index (χ1) is 10.2. The zero-order chi connectivity index (χ0) is 14.8. The molecule has 114 valence electrons. The molecule has 1 aromatic heterocycles. The number of ether oxygens (including phenoxy) is 2. The SMILES string of the molecule is COc1cc2nc(C)n(CC3CCCNC3)c2cc1OC. The van der Waals surface area contributed by atoms with Gasteiger partial charge in [0.1, 0.15) is 5.82 Å². The molecule has 0 saturated carbocycles. The van der Waals surface area contributed by atoms with Crippen molar-refractivity contribution >= 4 is 11.0 Å². The lowest BCUT2D eigenvalue weighted by Crippen LogP contribution is -2.32. The second kappa shape index (κ2) is 5.93. The van der Waals surface area contributed by atoms with Gasteiger partial charge in [-0.1, -0.05) is 0 Å². The van der Waals surface area contributed by atoms with Crippen molar-refractivity contribution in [1.82, 2.24) is 14.9 Å². The van der Waals surface area contributed by atoms with Gasteiger partial charge in [0.2, 0.25) is 0 Å². The highest BCUT2D eigenvalue weighted by Gasteiger charge is 2.18. The highest BCUT2D eigenvalue weighted by Crippen LogP contribution is 2.32. The Kier molecular flexibility index (Phi) is 4.01. The van der Waals surface area contributed by atoms with E-state index in [0.29, 0.717) is 5.92 Å². The zero-order valence-electron chi connectivity index (χ0n) is 13.0. The number of piperidine rings is 1. The Balaban J connectivity index is 1.98. The van der Waals surface area contributed by atoms with Crippen LogP contribution >= 0.6 is 0 Å². The van der Waals surface area contributed by atoms with Crippen molar-refractivity contribution in [2.24, 2.45) is 5.92 Å². The van der Waals surface area contributed by atoms with E-state index in [1.165, 1.54) is 12.8 Å². The summed E-state index contributed by atoms with van der Waals surface area (Å²) in [4.78, 5) is 4.67. The predicted molar refractivity (Wildman–Crippen MR) is 83.2 cm³/mol. The van der Waals surface area contributed by atoms with Crippen molar-refractivity contribution in [2.75, 3.05) is 27.3 Å². The maximum Gasteiger partial charge on any atom is 0.163 e. The molecule has 0 radical (unpaired) electrons. The first-order valence-electron chi connectivity index (χ1n) is 7.52. The molecule has 0 amide bonds. The summed E-state index contributed by atoms with van der Waals surface area (Å²) in [5.74, 6) is 3.20. The second-order valence-corrected chi connectivity index (χ2v) is 5.68. The van der Waals surface area contributed by atoms with E-state index in [-0.39, 0.29) is 0 Å². The Hall–Kier alpha value is -1.75. The minimum atomic E-state index is 0.669.